The van der Waals surface area contributed by atoms with Gasteiger partial charge in [0, 0.05) is 22.5 Å². The Balaban J connectivity index is 0.968. The molecule has 270 valence electrons. The van der Waals surface area contributed by atoms with Gasteiger partial charge >= 0.3 is 0 Å². The van der Waals surface area contributed by atoms with Gasteiger partial charge in [-0.2, -0.15) is 0 Å². The van der Waals surface area contributed by atoms with E-state index in [0.29, 0.717) is 11.3 Å². The Bertz CT molecular complexity index is 2340. The Morgan fingerprint density at radius 3 is 1.74 bits per heavy atom. The summed E-state index contributed by atoms with van der Waals surface area (Å²) in [5.41, 5.74) is 15.3. The SMILES string of the molecule is CC1(C)c2cc(-c3ccc4ccccc4c3)ccc2-c2ccc(N(c3ccc(C4CCCCC4)cc3)c3ccc(C45CC6CC(CC(C6)C4)C5)cc3)cc21. The van der Waals surface area contributed by atoms with E-state index >= 15 is 0 Å². The largest absolute Gasteiger partial charge is 0.310 e. The van der Waals surface area contributed by atoms with Crippen LogP contribution in [0.2, 0.25) is 0 Å². The van der Waals surface area contributed by atoms with Gasteiger partial charge in [0.2, 0.25) is 0 Å². The van der Waals surface area contributed by atoms with Crippen molar-refractivity contribution in [3.63, 3.8) is 0 Å². The molecule has 0 spiro atoms. The molecule has 0 N–H and O–H groups in total. The van der Waals surface area contributed by atoms with Crippen LogP contribution in [0.25, 0.3) is 33.0 Å². The molecule has 54 heavy (non-hydrogen) atoms. The summed E-state index contributed by atoms with van der Waals surface area (Å²) in [6.07, 6.45) is 15.5. The minimum Gasteiger partial charge on any atom is -0.310 e. The molecule has 6 aromatic carbocycles. The van der Waals surface area contributed by atoms with Gasteiger partial charge in [-0.25, -0.2) is 0 Å². The normalized spacial score (nSPS) is 25.1. The van der Waals surface area contributed by atoms with Gasteiger partial charge < -0.3 is 4.90 Å². The van der Waals surface area contributed by atoms with Crippen LogP contribution < -0.4 is 4.90 Å². The molecule has 0 unspecified atom stereocenters. The van der Waals surface area contributed by atoms with Crippen LogP contribution in [-0.4, -0.2) is 0 Å². The zero-order valence-electron chi connectivity index (χ0n) is 32.2. The van der Waals surface area contributed by atoms with Gasteiger partial charge in [0.1, 0.15) is 0 Å². The Morgan fingerprint density at radius 2 is 1.06 bits per heavy atom. The van der Waals surface area contributed by atoms with E-state index in [-0.39, 0.29) is 5.41 Å². The maximum absolute atomic E-state index is 2.54. The summed E-state index contributed by atoms with van der Waals surface area (Å²) in [5.74, 6) is 3.58. The van der Waals surface area contributed by atoms with Crippen molar-refractivity contribution in [3.8, 4) is 22.3 Å². The third kappa shape index (κ3) is 5.32. The fraction of sp³-hybridized carbons (Fsp3) is 0.358. The van der Waals surface area contributed by atoms with Crippen molar-refractivity contribution in [1.82, 2.24) is 0 Å². The van der Waals surface area contributed by atoms with Crippen LogP contribution in [-0.2, 0) is 10.8 Å². The number of hydrogen-bond acceptors (Lipinski definition) is 1. The Labute approximate surface area is 322 Å². The maximum Gasteiger partial charge on any atom is 0.0465 e. The zero-order valence-corrected chi connectivity index (χ0v) is 32.2. The van der Waals surface area contributed by atoms with E-state index < -0.39 is 0 Å². The molecule has 6 aromatic rings. The molecular weight excluding hydrogens is 651 g/mol. The molecule has 5 fully saturated rings. The molecule has 6 aliphatic carbocycles. The fourth-order valence-corrected chi connectivity index (χ4v) is 12.6. The molecule has 1 heteroatoms. The van der Waals surface area contributed by atoms with Gasteiger partial charge in [0.15, 0.2) is 0 Å². The van der Waals surface area contributed by atoms with Gasteiger partial charge in [-0.15, -0.1) is 0 Å². The molecule has 4 bridgehead atoms. The number of rotatable bonds is 6. The second-order valence-electron chi connectivity index (χ2n) is 18.7. The summed E-state index contributed by atoms with van der Waals surface area (Å²) in [6, 6.07) is 49.6. The molecule has 0 atom stereocenters. The first-order chi connectivity index (χ1) is 26.4. The number of fused-ring (bicyclic) bond motifs is 4. The third-order valence-corrected chi connectivity index (χ3v) is 15.0. The minimum atomic E-state index is -0.119. The van der Waals surface area contributed by atoms with Crippen LogP contribution in [0, 0.1) is 17.8 Å². The lowest BCUT2D eigenvalue weighted by Crippen LogP contribution is -2.48. The van der Waals surface area contributed by atoms with Crippen LogP contribution in [0.1, 0.15) is 113 Å². The highest BCUT2D eigenvalue weighted by Crippen LogP contribution is 2.61. The second-order valence-corrected chi connectivity index (χ2v) is 18.7. The van der Waals surface area contributed by atoms with E-state index in [4.69, 9.17) is 0 Å². The minimum absolute atomic E-state index is 0.119. The van der Waals surface area contributed by atoms with Crippen molar-refractivity contribution < 1.29 is 0 Å². The van der Waals surface area contributed by atoms with E-state index in [2.05, 4.69) is 146 Å². The summed E-state index contributed by atoms with van der Waals surface area (Å²) in [4.78, 5) is 2.54. The van der Waals surface area contributed by atoms with Crippen LogP contribution in [0.15, 0.2) is 127 Å². The Morgan fingerprint density at radius 1 is 0.500 bits per heavy atom. The van der Waals surface area contributed by atoms with E-state index in [0.717, 1.165) is 17.8 Å². The second kappa shape index (κ2) is 12.5. The molecule has 5 saturated carbocycles. The predicted molar refractivity (Wildman–Crippen MR) is 227 cm³/mol. The average Bonchev–Trinajstić information content (AvgIpc) is 3.43. The lowest BCUT2D eigenvalue weighted by atomic mass is 9.48. The molecule has 0 saturated heterocycles. The predicted octanol–water partition coefficient (Wildman–Crippen LogP) is 14.8. The molecule has 6 aliphatic rings. The molecule has 0 radical (unpaired) electrons. The number of hydrogen-bond donors (Lipinski definition) is 0. The van der Waals surface area contributed by atoms with E-state index in [1.807, 2.05) is 0 Å². The molecule has 0 aliphatic heterocycles. The molecule has 12 rings (SSSR count). The fourth-order valence-electron chi connectivity index (χ4n) is 12.6. The smallest absolute Gasteiger partial charge is 0.0465 e. The van der Waals surface area contributed by atoms with Crippen molar-refractivity contribution in [2.75, 3.05) is 4.90 Å². The summed E-state index contributed by atoms with van der Waals surface area (Å²) >= 11 is 0. The quantitative estimate of drug-likeness (QED) is 0.167. The van der Waals surface area contributed by atoms with Gasteiger partial charge in [0.25, 0.3) is 0 Å². The lowest BCUT2D eigenvalue weighted by molar-refractivity contribution is -0.00518. The van der Waals surface area contributed by atoms with Crippen LogP contribution in [0.4, 0.5) is 17.1 Å². The van der Waals surface area contributed by atoms with Gasteiger partial charge in [-0.05, 0) is 184 Å². The van der Waals surface area contributed by atoms with Gasteiger partial charge in [-0.3, -0.25) is 0 Å². The van der Waals surface area contributed by atoms with Gasteiger partial charge in [-0.1, -0.05) is 112 Å². The standard InChI is InChI=1S/C53H53N/c1-52(2)50-30-43(42-13-12-39-10-6-7-11-41(39)29-42)16-24-48(50)49-25-23-47(31-51(49)52)54(45-19-14-40(15-20-45)38-8-4-3-5-9-38)46-21-17-44(18-22-46)53-32-35-26-36(33-53)28-37(27-35)34-53/h6-7,10-25,29-31,35-38H,3-5,8-9,26-28,32-34H2,1-2H3. The first-order valence-corrected chi connectivity index (χ1v) is 21.2. The van der Waals surface area contributed by atoms with E-state index in [9.17, 15) is 0 Å². The number of anilines is 3. The van der Waals surface area contributed by atoms with Crippen LogP contribution >= 0.6 is 0 Å². The van der Waals surface area contributed by atoms with Crippen molar-refractivity contribution >= 4 is 27.8 Å². The monoisotopic (exact) mass is 703 g/mol. The zero-order chi connectivity index (χ0) is 36.0. The van der Waals surface area contributed by atoms with Crippen molar-refractivity contribution in [3.05, 3.63) is 150 Å². The molecule has 0 amide bonds. The third-order valence-electron chi connectivity index (χ3n) is 15.0. The van der Waals surface area contributed by atoms with Gasteiger partial charge in [0.05, 0.1) is 0 Å². The summed E-state index contributed by atoms with van der Waals surface area (Å²) in [5, 5.41) is 2.58. The van der Waals surface area contributed by atoms with Crippen molar-refractivity contribution in [1.29, 1.82) is 0 Å². The van der Waals surface area contributed by atoms with Crippen LogP contribution in [0.5, 0.6) is 0 Å². The summed E-state index contributed by atoms with van der Waals surface area (Å²) in [6.45, 7) is 4.85. The maximum atomic E-state index is 2.54. The van der Waals surface area contributed by atoms with E-state index in [1.54, 1.807) is 5.56 Å². The number of benzene rings is 6. The molecular formula is C53H53N. The van der Waals surface area contributed by atoms with Crippen molar-refractivity contribution in [2.24, 2.45) is 17.8 Å². The Kier molecular flexibility index (Phi) is 7.56. The molecule has 0 heterocycles. The molecule has 0 aromatic heterocycles. The summed E-state index contributed by atoms with van der Waals surface area (Å²) < 4.78 is 0. The highest BCUT2D eigenvalue weighted by atomic mass is 15.1. The lowest BCUT2D eigenvalue weighted by Gasteiger charge is -2.57. The van der Waals surface area contributed by atoms with Crippen molar-refractivity contribution in [2.45, 2.75) is 101 Å². The number of nitrogens with zero attached hydrogens (tertiary/aromatic N) is 1. The first kappa shape index (κ1) is 32.8. The first-order valence-electron chi connectivity index (χ1n) is 21.2. The van der Waals surface area contributed by atoms with E-state index in [1.165, 1.54) is 137 Å². The van der Waals surface area contributed by atoms with Crippen LogP contribution in [0.3, 0.4) is 0 Å². The topological polar surface area (TPSA) is 3.24 Å². The highest BCUT2D eigenvalue weighted by molar-refractivity contribution is 5.90. The average molecular weight is 704 g/mol. The summed E-state index contributed by atoms with van der Waals surface area (Å²) in [7, 11) is 0. The highest BCUT2D eigenvalue weighted by Gasteiger charge is 2.51. The Hall–Kier alpha value is -4.62. The molecule has 1 nitrogen and oxygen atoms in total.